The Morgan fingerprint density at radius 2 is 1.77 bits per heavy atom. The molecule has 3 rings (SSSR count). The molecule has 0 unspecified atom stereocenters. The topological polar surface area (TPSA) is 112 Å². The van der Waals surface area contributed by atoms with Crippen molar-refractivity contribution in [3.63, 3.8) is 0 Å². The van der Waals surface area contributed by atoms with Gasteiger partial charge in [0.05, 0.1) is 24.9 Å². The van der Waals surface area contributed by atoms with Gasteiger partial charge in [-0.2, -0.15) is 18.3 Å². The van der Waals surface area contributed by atoms with Gasteiger partial charge in [0, 0.05) is 24.7 Å². The molecule has 0 fully saturated rings. The predicted molar refractivity (Wildman–Crippen MR) is 140 cm³/mol. The Morgan fingerprint density at radius 1 is 1.08 bits per heavy atom. The van der Waals surface area contributed by atoms with Crippen LogP contribution < -0.4 is 14.8 Å². The van der Waals surface area contributed by atoms with E-state index in [1.54, 1.807) is 47.1 Å². The third-order valence-corrected chi connectivity index (χ3v) is 7.19. The highest BCUT2D eigenvalue weighted by Crippen LogP contribution is 2.31. The first-order chi connectivity index (χ1) is 18.2. The molecule has 0 saturated heterocycles. The number of carbonyl (C=O) groups excluding carboxylic acids is 1. The van der Waals surface area contributed by atoms with Crippen LogP contribution in [-0.4, -0.2) is 49.8 Å². The number of methoxy groups -OCH3 is 1. The van der Waals surface area contributed by atoms with E-state index < -0.39 is 27.5 Å². The molecule has 2 N–H and O–H groups in total. The molecule has 0 amide bonds. The largest absolute Gasteiger partial charge is 0.468 e. The van der Waals surface area contributed by atoms with Crippen LogP contribution in [0.2, 0.25) is 0 Å². The van der Waals surface area contributed by atoms with Crippen molar-refractivity contribution in [1.82, 2.24) is 19.8 Å². The number of hydrogen-bond acceptors (Lipinski definition) is 7. The number of hydrogen-bond donors (Lipinski definition) is 2. The van der Waals surface area contributed by atoms with E-state index in [2.05, 4.69) is 19.9 Å². The second kappa shape index (κ2) is 12.2. The van der Waals surface area contributed by atoms with Crippen molar-refractivity contribution in [2.24, 2.45) is 0 Å². The smallest absolute Gasteiger partial charge is 0.404 e. The summed E-state index contributed by atoms with van der Waals surface area (Å²) in [6.45, 7) is 5.97. The third kappa shape index (κ3) is 8.80. The SMILES string of the molecule is CCn1nc(-c2cccc(C(C)(C)NS(=O)(=O)CC(F)(F)F)c2)cc1Oc1ccc(CNCC(=O)OC)cc1. The van der Waals surface area contributed by atoms with E-state index >= 15 is 0 Å². The van der Waals surface area contributed by atoms with Crippen molar-refractivity contribution < 1.29 is 35.9 Å². The van der Waals surface area contributed by atoms with Gasteiger partial charge in [-0.25, -0.2) is 17.8 Å². The minimum Gasteiger partial charge on any atom is -0.468 e. The number of sulfonamides is 1. The molecule has 9 nitrogen and oxygen atoms in total. The third-order valence-electron chi connectivity index (χ3n) is 5.66. The number of rotatable bonds is 12. The zero-order chi connectivity index (χ0) is 28.8. The van der Waals surface area contributed by atoms with E-state index in [0.29, 0.717) is 41.5 Å². The number of aromatic nitrogens is 2. The number of ether oxygens (including phenoxy) is 2. The van der Waals surface area contributed by atoms with Crippen LogP contribution in [-0.2, 0) is 38.2 Å². The number of esters is 1. The van der Waals surface area contributed by atoms with Crippen LogP contribution in [0.25, 0.3) is 11.3 Å². The van der Waals surface area contributed by atoms with Crippen LogP contribution in [0.1, 0.15) is 31.9 Å². The molecule has 0 aliphatic heterocycles. The molecule has 0 aliphatic rings. The molecule has 1 heterocycles. The first-order valence-corrected chi connectivity index (χ1v) is 13.7. The van der Waals surface area contributed by atoms with Crippen LogP contribution in [0.4, 0.5) is 13.2 Å². The summed E-state index contributed by atoms with van der Waals surface area (Å²) in [5.41, 5.74) is 1.29. The summed E-state index contributed by atoms with van der Waals surface area (Å²) in [6, 6.07) is 15.8. The van der Waals surface area contributed by atoms with Gasteiger partial charge >= 0.3 is 12.1 Å². The zero-order valence-corrected chi connectivity index (χ0v) is 22.8. The second-order valence-corrected chi connectivity index (χ2v) is 11.0. The van der Waals surface area contributed by atoms with Gasteiger partial charge in [0.2, 0.25) is 15.9 Å². The Bertz CT molecular complexity index is 1390. The number of aryl methyl sites for hydroxylation is 1. The fraction of sp³-hybridized carbons (Fsp3) is 0.385. The fourth-order valence-electron chi connectivity index (χ4n) is 3.79. The summed E-state index contributed by atoms with van der Waals surface area (Å²) in [4.78, 5) is 11.2. The van der Waals surface area contributed by atoms with Crippen LogP contribution >= 0.6 is 0 Å². The van der Waals surface area contributed by atoms with Crippen molar-refractivity contribution in [3.8, 4) is 22.9 Å². The van der Waals surface area contributed by atoms with E-state index in [0.717, 1.165) is 5.56 Å². The molecule has 0 atom stereocenters. The maximum atomic E-state index is 12.7. The minimum absolute atomic E-state index is 0.102. The summed E-state index contributed by atoms with van der Waals surface area (Å²) in [7, 11) is -3.29. The zero-order valence-electron chi connectivity index (χ0n) is 22.0. The predicted octanol–water partition coefficient (Wildman–Crippen LogP) is 4.34. The van der Waals surface area contributed by atoms with Gasteiger partial charge in [0.1, 0.15) is 5.75 Å². The summed E-state index contributed by atoms with van der Waals surface area (Å²) in [6.07, 6.45) is -4.85. The Balaban J connectivity index is 1.76. The second-order valence-electron chi connectivity index (χ2n) is 9.29. The van der Waals surface area contributed by atoms with Gasteiger partial charge in [-0.15, -0.1) is 0 Å². The van der Waals surface area contributed by atoms with Gasteiger partial charge in [-0.3, -0.25) is 4.79 Å². The van der Waals surface area contributed by atoms with Gasteiger partial charge in [0.25, 0.3) is 0 Å². The van der Waals surface area contributed by atoms with E-state index in [9.17, 15) is 26.4 Å². The van der Waals surface area contributed by atoms with Gasteiger partial charge in [0.15, 0.2) is 5.75 Å². The average Bonchev–Trinajstić information content (AvgIpc) is 3.25. The van der Waals surface area contributed by atoms with Crippen molar-refractivity contribution >= 4 is 16.0 Å². The quantitative estimate of drug-likeness (QED) is 0.313. The fourth-order valence-corrected chi connectivity index (χ4v) is 5.19. The average molecular weight is 569 g/mol. The van der Waals surface area contributed by atoms with Gasteiger partial charge < -0.3 is 14.8 Å². The highest BCUT2D eigenvalue weighted by atomic mass is 32.2. The molecular formula is C26H31F3N4O5S. The molecular weight excluding hydrogens is 537 g/mol. The van der Waals surface area contributed by atoms with Crippen molar-refractivity contribution in [3.05, 3.63) is 65.7 Å². The molecule has 13 heteroatoms. The molecule has 0 spiro atoms. The normalized spacial score (nSPS) is 12.4. The maximum absolute atomic E-state index is 12.7. The lowest BCUT2D eigenvalue weighted by atomic mass is 9.93. The molecule has 3 aromatic rings. The maximum Gasteiger partial charge on any atom is 0.404 e. The standard InChI is InChI=1S/C26H31F3N4O5S/c1-5-33-23(38-21-11-9-18(10-12-21)15-30-16-24(34)37-4)14-22(31-33)19-7-6-8-20(13-19)25(2,3)32-39(35,36)17-26(27,28)29/h6-14,30,32H,5,15-17H2,1-4H3. The Morgan fingerprint density at radius 3 is 2.38 bits per heavy atom. The summed E-state index contributed by atoms with van der Waals surface area (Å²) in [5, 5.41) is 7.56. The van der Waals surface area contributed by atoms with Crippen LogP contribution in [0.15, 0.2) is 54.6 Å². The summed E-state index contributed by atoms with van der Waals surface area (Å²) in [5.74, 6) is -1.27. The van der Waals surface area contributed by atoms with Crippen LogP contribution in [0.3, 0.4) is 0 Å². The molecule has 212 valence electrons. The number of nitrogens with zero attached hydrogens (tertiary/aromatic N) is 2. The minimum atomic E-state index is -4.85. The number of nitrogens with one attached hydrogen (secondary N) is 2. The monoisotopic (exact) mass is 568 g/mol. The van der Waals surface area contributed by atoms with Gasteiger partial charge in [-0.1, -0.05) is 30.3 Å². The summed E-state index contributed by atoms with van der Waals surface area (Å²) < 4.78 is 76.7. The van der Waals surface area contributed by atoms with E-state index in [1.807, 2.05) is 19.1 Å². The lowest BCUT2D eigenvalue weighted by Crippen LogP contribution is -2.44. The highest BCUT2D eigenvalue weighted by molar-refractivity contribution is 7.89. The lowest BCUT2D eigenvalue weighted by molar-refractivity contribution is -0.139. The number of benzene rings is 2. The molecule has 0 aliphatic carbocycles. The molecule has 1 aromatic heterocycles. The number of carbonyl (C=O) groups is 1. The molecule has 0 radical (unpaired) electrons. The van der Waals surface area contributed by atoms with Crippen molar-refractivity contribution in [2.45, 2.75) is 45.6 Å². The number of alkyl halides is 3. The molecule has 39 heavy (non-hydrogen) atoms. The summed E-state index contributed by atoms with van der Waals surface area (Å²) >= 11 is 0. The van der Waals surface area contributed by atoms with Crippen LogP contribution in [0.5, 0.6) is 11.6 Å². The number of halogens is 3. The Kier molecular flexibility index (Phi) is 9.41. The highest BCUT2D eigenvalue weighted by Gasteiger charge is 2.38. The molecule has 0 saturated carbocycles. The Hall–Kier alpha value is -3.42. The van der Waals surface area contributed by atoms with E-state index in [4.69, 9.17) is 4.74 Å². The lowest BCUT2D eigenvalue weighted by Gasteiger charge is -2.27. The molecule has 0 bridgehead atoms. The van der Waals surface area contributed by atoms with Crippen LogP contribution in [0, 0.1) is 0 Å². The first-order valence-electron chi connectivity index (χ1n) is 12.0. The van der Waals surface area contributed by atoms with Gasteiger partial charge in [-0.05, 0) is 50.1 Å². The van der Waals surface area contributed by atoms with E-state index in [1.165, 1.54) is 21.0 Å². The van der Waals surface area contributed by atoms with Crippen molar-refractivity contribution in [2.75, 3.05) is 19.4 Å². The van der Waals surface area contributed by atoms with E-state index in [-0.39, 0.29) is 12.5 Å². The van der Waals surface area contributed by atoms with Crippen molar-refractivity contribution in [1.29, 1.82) is 0 Å². The Labute approximate surface area is 225 Å². The first kappa shape index (κ1) is 30.1. The molecule has 2 aromatic carbocycles.